The minimum absolute atomic E-state index is 0.325. The molecule has 1 aromatic carbocycles. The Bertz CT molecular complexity index is 400. The van der Waals surface area contributed by atoms with Crippen molar-refractivity contribution in [2.45, 2.75) is 24.3 Å². The summed E-state index contributed by atoms with van der Waals surface area (Å²) in [6, 6.07) is 9.03. The van der Waals surface area contributed by atoms with E-state index < -0.39 is 0 Å². The Hall–Kier alpha value is -1.16. The Morgan fingerprint density at radius 2 is 2.12 bits per heavy atom. The van der Waals surface area contributed by atoms with E-state index in [2.05, 4.69) is 47.3 Å². The van der Waals surface area contributed by atoms with Crippen LogP contribution in [0.15, 0.2) is 34.2 Å². The standard InChI is InChI=1S/C13H19N3S/c1-3-8-16-12(9-15-13(16)14)10-4-6-11(17-2)7-5-10/h4-7,12H,3,8-9H2,1-2H3,(H2,14,15). The van der Waals surface area contributed by atoms with Crippen LogP contribution in [0.5, 0.6) is 0 Å². The van der Waals surface area contributed by atoms with Gasteiger partial charge in [-0.15, -0.1) is 11.8 Å². The Morgan fingerprint density at radius 3 is 2.71 bits per heavy atom. The fourth-order valence-electron chi connectivity index (χ4n) is 2.15. The lowest BCUT2D eigenvalue weighted by molar-refractivity contribution is 0.347. The number of hydrogen-bond donors (Lipinski definition) is 1. The van der Waals surface area contributed by atoms with E-state index in [4.69, 9.17) is 5.73 Å². The first kappa shape index (κ1) is 12.3. The first-order chi connectivity index (χ1) is 8.26. The van der Waals surface area contributed by atoms with Crippen LogP contribution in [0.1, 0.15) is 24.9 Å². The van der Waals surface area contributed by atoms with Gasteiger partial charge in [0.2, 0.25) is 0 Å². The van der Waals surface area contributed by atoms with Gasteiger partial charge in [0.1, 0.15) is 0 Å². The van der Waals surface area contributed by atoms with Gasteiger partial charge in [0.05, 0.1) is 12.6 Å². The third kappa shape index (κ3) is 2.57. The zero-order valence-electron chi connectivity index (χ0n) is 10.4. The molecule has 1 aliphatic heterocycles. The maximum absolute atomic E-state index is 5.92. The highest BCUT2D eigenvalue weighted by Gasteiger charge is 2.26. The van der Waals surface area contributed by atoms with E-state index >= 15 is 0 Å². The summed E-state index contributed by atoms with van der Waals surface area (Å²) >= 11 is 1.76. The molecular formula is C13H19N3S. The molecule has 0 spiro atoms. The van der Waals surface area contributed by atoms with Crippen molar-refractivity contribution in [3.05, 3.63) is 29.8 Å². The first-order valence-corrected chi connectivity index (χ1v) is 7.19. The van der Waals surface area contributed by atoms with Gasteiger partial charge in [0.15, 0.2) is 5.96 Å². The van der Waals surface area contributed by atoms with Crippen LogP contribution in [-0.2, 0) is 0 Å². The summed E-state index contributed by atoms with van der Waals surface area (Å²) in [5.74, 6) is 0.686. The third-order valence-corrected chi connectivity index (χ3v) is 3.81. The summed E-state index contributed by atoms with van der Waals surface area (Å²) in [6.07, 6.45) is 3.19. The van der Waals surface area contributed by atoms with E-state index in [1.165, 1.54) is 10.5 Å². The second-order valence-corrected chi connectivity index (χ2v) is 5.06. The normalized spacial score (nSPS) is 19.5. The van der Waals surface area contributed by atoms with Gasteiger partial charge in [0, 0.05) is 11.4 Å². The quantitative estimate of drug-likeness (QED) is 0.834. The predicted molar refractivity (Wildman–Crippen MR) is 74.5 cm³/mol. The van der Waals surface area contributed by atoms with Crippen LogP contribution in [0, 0.1) is 0 Å². The smallest absolute Gasteiger partial charge is 0.191 e. The van der Waals surface area contributed by atoms with Crippen LogP contribution < -0.4 is 5.73 Å². The summed E-state index contributed by atoms with van der Waals surface area (Å²) in [6.45, 7) is 3.92. The second-order valence-electron chi connectivity index (χ2n) is 4.18. The molecule has 92 valence electrons. The molecule has 1 atom stereocenters. The fraction of sp³-hybridized carbons (Fsp3) is 0.462. The van der Waals surface area contributed by atoms with Gasteiger partial charge in [-0.2, -0.15) is 0 Å². The van der Waals surface area contributed by atoms with Crippen LogP contribution in [0.2, 0.25) is 0 Å². The highest BCUT2D eigenvalue weighted by molar-refractivity contribution is 7.98. The maximum Gasteiger partial charge on any atom is 0.191 e. The van der Waals surface area contributed by atoms with Crippen molar-refractivity contribution < 1.29 is 0 Å². The van der Waals surface area contributed by atoms with E-state index in [9.17, 15) is 0 Å². The first-order valence-electron chi connectivity index (χ1n) is 5.96. The molecule has 1 heterocycles. The van der Waals surface area contributed by atoms with Crippen molar-refractivity contribution in [2.75, 3.05) is 19.3 Å². The molecule has 0 fully saturated rings. The summed E-state index contributed by atoms with van der Waals surface area (Å²) < 4.78 is 0. The van der Waals surface area contributed by atoms with Crippen molar-refractivity contribution >= 4 is 17.7 Å². The van der Waals surface area contributed by atoms with E-state index in [1.807, 2.05) is 0 Å². The Balaban J connectivity index is 2.16. The highest BCUT2D eigenvalue weighted by Crippen LogP contribution is 2.27. The molecule has 0 saturated heterocycles. The van der Waals surface area contributed by atoms with Gasteiger partial charge in [-0.05, 0) is 30.4 Å². The lowest BCUT2D eigenvalue weighted by atomic mass is 10.1. The van der Waals surface area contributed by atoms with Crippen molar-refractivity contribution in [2.24, 2.45) is 10.7 Å². The number of hydrogen-bond acceptors (Lipinski definition) is 4. The summed E-state index contributed by atoms with van der Waals surface area (Å²) in [5, 5.41) is 0. The molecule has 0 aliphatic carbocycles. The van der Waals surface area contributed by atoms with E-state index in [0.717, 1.165) is 19.5 Å². The van der Waals surface area contributed by atoms with Crippen LogP contribution in [-0.4, -0.2) is 30.2 Å². The van der Waals surface area contributed by atoms with Gasteiger partial charge >= 0.3 is 0 Å². The zero-order chi connectivity index (χ0) is 12.3. The van der Waals surface area contributed by atoms with Crippen LogP contribution in [0.4, 0.5) is 0 Å². The Morgan fingerprint density at radius 1 is 1.41 bits per heavy atom. The molecule has 0 bridgehead atoms. The number of nitrogens with two attached hydrogens (primary N) is 1. The van der Waals surface area contributed by atoms with E-state index in [0.29, 0.717) is 12.0 Å². The molecule has 2 rings (SSSR count). The van der Waals surface area contributed by atoms with Gasteiger partial charge in [-0.3, -0.25) is 4.99 Å². The van der Waals surface area contributed by atoms with E-state index in [1.54, 1.807) is 11.8 Å². The van der Waals surface area contributed by atoms with Gasteiger partial charge in [-0.25, -0.2) is 0 Å². The summed E-state index contributed by atoms with van der Waals surface area (Å²) in [5.41, 5.74) is 7.23. The lowest BCUT2D eigenvalue weighted by Crippen LogP contribution is -2.36. The molecule has 4 heteroatoms. The monoisotopic (exact) mass is 249 g/mol. The van der Waals surface area contributed by atoms with Crippen LogP contribution in [0.3, 0.4) is 0 Å². The minimum atomic E-state index is 0.325. The number of guanidine groups is 1. The molecular weight excluding hydrogens is 230 g/mol. The van der Waals surface area contributed by atoms with Crippen LogP contribution >= 0.6 is 11.8 Å². The lowest BCUT2D eigenvalue weighted by Gasteiger charge is -2.26. The zero-order valence-corrected chi connectivity index (χ0v) is 11.2. The molecule has 0 saturated carbocycles. The van der Waals surface area contributed by atoms with Crippen molar-refractivity contribution in [3.8, 4) is 0 Å². The number of benzene rings is 1. The Labute approximate surface area is 107 Å². The molecule has 1 aromatic rings. The minimum Gasteiger partial charge on any atom is -0.370 e. The molecule has 17 heavy (non-hydrogen) atoms. The van der Waals surface area contributed by atoms with Gasteiger partial charge < -0.3 is 10.6 Å². The molecule has 1 unspecified atom stereocenters. The van der Waals surface area contributed by atoms with Gasteiger partial charge in [0.25, 0.3) is 0 Å². The van der Waals surface area contributed by atoms with Crippen molar-refractivity contribution in [1.29, 1.82) is 0 Å². The number of aliphatic imine (C=N–C) groups is 1. The number of thioether (sulfide) groups is 1. The number of nitrogens with zero attached hydrogens (tertiary/aromatic N) is 2. The Kier molecular flexibility index (Phi) is 3.94. The molecule has 1 aliphatic rings. The molecule has 2 N–H and O–H groups in total. The molecule has 0 amide bonds. The van der Waals surface area contributed by atoms with Crippen molar-refractivity contribution in [1.82, 2.24) is 4.90 Å². The topological polar surface area (TPSA) is 41.6 Å². The van der Waals surface area contributed by atoms with Gasteiger partial charge in [-0.1, -0.05) is 19.1 Å². The molecule has 0 aromatic heterocycles. The highest BCUT2D eigenvalue weighted by atomic mass is 32.2. The van der Waals surface area contributed by atoms with Crippen molar-refractivity contribution in [3.63, 3.8) is 0 Å². The summed E-state index contributed by atoms with van der Waals surface area (Å²) in [7, 11) is 0. The predicted octanol–water partition coefficient (Wildman–Crippen LogP) is 2.49. The maximum atomic E-state index is 5.92. The summed E-state index contributed by atoms with van der Waals surface area (Å²) in [4.78, 5) is 7.85. The SMILES string of the molecule is CCCN1C(N)=NCC1c1ccc(SC)cc1. The van der Waals surface area contributed by atoms with E-state index in [-0.39, 0.29) is 0 Å². The second kappa shape index (κ2) is 5.45. The molecule has 3 nitrogen and oxygen atoms in total. The average molecular weight is 249 g/mol. The fourth-order valence-corrected chi connectivity index (χ4v) is 2.56. The third-order valence-electron chi connectivity index (χ3n) is 3.06. The number of rotatable bonds is 4. The van der Waals surface area contributed by atoms with Crippen LogP contribution in [0.25, 0.3) is 0 Å². The largest absolute Gasteiger partial charge is 0.370 e. The average Bonchev–Trinajstić information content (AvgIpc) is 2.72. The molecule has 0 radical (unpaired) electrons.